The third kappa shape index (κ3) is 6.14. The van der Waals surface area contributed by atoms with Gasteiger partial charge in [0, 0.05) is 23.1 Å². The van der Waals surface area contributed by atoms with Crippen molar-refractivity contribution in [3.05, 3.63) is 58.1 Å². The Morgan fingerprint density at radius 3 is 2.35 bits per heavy atom. The van der Waals surface area contributed by atoms with Crippen LogP contribution in [0.4, 0.5) is 11.4 Å². The summed E-state index contributed by atoms with van der Waals surface area (Å²) in [4.78, 5) is 12.1. The Morgan fingerprint density at radius 1 is 1.12 bits per heavy atom. The van der Waals surface area contributed by atoms with Crippen molar-refractivity contribution in [2.75, 3.05) is 22.4 Å². The molecule has 7 heteroatoms. The quantitative estimate of drug-likeness (QED) is 0.702. The average molecular weight is 439 g/mol. The summed E-state index contributed by atoms with van der Waals surface area (Å²) in [6, 6.07) is 13.0. The zero-order valence-electron chi connectivity index (χ0n) is 15.1. The number of halogens is 1. The Hall–Kier alpha value is -1.86. The molecule has 140 valence electrons. The molecular weight excluding hydrogens is 416 g/mol. The molecule has 0 aliphatic heterocycles. The summed E-state index contributed by atoms with van der Waals surface area (Å²) in [5, 5.41) is 2.82. The summed E-state index contributed by atoms with van der Waals surface area (Å²) < 4.78 is 26.6. The lowest BCUT2D eigenvalue weighted by atomic mass is 10.1. The maximum atomic E-state index is 12.2. The van der Waals surface area contributed by atoms with Crippen molar-refractivity contribution in [3.63, 3.8) is 0 Å². The zero-order chi connectivity index (χ0) is 19.3. The highest BCUT2D eigenvalue weighted by atomic mass is 79.9. The second kappa shape index (κ2) is 8.68. The molecular formula is C19H23BrN2O3S. The fraction of sp³-hybridized carbons (Fsp3) is 0.316. The van der Waals surface area contributed by atoms with Crippen molar-refractivity contribution in [3.8, 4) is 0 Å². The maximum Gasteiger partial charge on any atom is 0.232 e. The van der Waals surface area contributed by atoms with E-state index in [1.54, 1.807) is 6.07 Å². The van der Waals surface area contributed by atoms with Crippen LogP contribution in [0.2, 0.25) is 0 Å². The highest BCUT2D eigenvalue weighted by molar-refractivity contribution is 9.10. The SMILES string of the molecule is Cc1cc(C)cc(N(CCCC(=O)Nc2cccc(Br)c2)S(C)(=O)=O)c1. The minimum atomic E-state index is -3.42. The Bertz CT molecular complexity index is 877. The average Bonchev–Trinajstić information content (AvgIpc) is 2.49. The summed E-state index contributed by atoms with van der Waals surface area (Å²) in [6.45, 7) is 4.12. The molecule has 0 saturated carbocycles. The highest BCUT2D eigenvalue weighted by Gasteiger charge is 2.18. The summed E-state index contributed by atoms with van der Waals surface area (Å²) in [7, 11) is -3.42. The predicted octanol–water partition coefficient (Wildman–Crippen LogP) is 4.25. The molecule has 0 fully saturated rings. The standard InChI is InChI=1S/C19H23BrN2O3S/c1-14-10-15(2)12-18(11-14)22(26(3,24)25)9-5-8-19(23)21-17-7-4-6-16(20)13-17/h4,6-7,10-13H,5,8-9H2,1-3H3,(H,21,23). The van der Waals surface area contributed by atoms with Gasteiger partial charge in [0.05, 0.1) is 11.9 Å². The van der Waals surface area contributed by atoms with E-state index in [0.717, 1.165) is 15.6 Å². The van der Waals surface area contributed by atoms with E-state index in [-0.39, 0.29) is 18.9 Å². The Kier molecular flexibility index (Phi) is 6.83. The van der Waals surface area contributed by atoms with Crippen LogP contribution in [0.25, 0.3) is 0 Å². The number of nitrogens with zero attached hydrogens (tertiary/aromatic N) is 1. The topological polar surface area (TPSA) is 66.5 Å². The molecule has 2 rings (SSSR count). The molecule has 0 radical (unpaired) electrons. The minimum absolute atomic E-state index is 0.142. The van der Waals surface area contributed by atoms with Gasteiger partial charge in [0.15, 0.2) is 0 Å². The van der Waals surface area contributed by atoms with Crippen molar-refractivity contribution < 1.29 is 13.2 Å². The van der Waals surface area contributed by atoms with Gasteiger partial charge in [-0.3, -0.25) is 9.10 Å². The number of benzene rings is 2. The van der Waals surface area contributed by atoms with Crippen molar-refractivity contribution in [2.45, 2.75) is 26.7 Å². The summed E-state index contributed by atoms with van der Waals surface area (Å²) in [6.07, 6.45) is 1.86. The lowest BCUT2D eigenvalue weighted by molar-refractivity contribution is -0.116. The lowest BCUT2D eigenvalue weighted by Gasteiger charge is -2.23. The van der Waals surface area contributed by atoms with E-state index < -0.39 is 10.0 Å². The van der Waals surface area contributed by atoms with E-state index in [4.69, 9.17) is 0 Å². The Morgan fingerprint density at radius 2 is 1.77 bits per heavy atom. The summed E-state index contributed by atoms with van der Waals surface area (Å²) >= 11 is 3.36. The highest BCUT2D eigenvalue weighted by Crippen LogP contribution is 2.22. The second-order valence-electron chi connectivity index (χ2n) is 6.34. The van der Waals surface area contributed by atoms with Gasteiger partial charge in [0.2, 0.25) is 15.9 Å². The molecule has 0 bridgehead atoms. The molecule has 0 aromatic heterocycles. The predicted molar refractivity (Wildman–Crippen MR) is 110 cm³/mol. The fourth-order valence-electron chi connectivity index (χ4n) is 2.75. The molecule has 5 nitrogen and oxygen atoms in total. The van der Waals surface area contributed by atoms with Gasteiger partial charge in [-0.1, -0.05) is 28.1 Å². The molecule has 1 amide bonds. The smallest absolute Gasteiger partial charge is 0.232 e. The number of hydrogen-bond acceptors (Lipinski definition) is 3. The number of sulfonamides is 1. The van der Waals surface area contributed by atoms with Gasteiger partial charge in [-0.2, -0.15) is 0 Å². The van der Waals surface area contributed by atoms with Gasteiger partial charge < -0.3 is 5.32 Å². The van der Waals surface area contributed by atoms with Gasteiger partial charge >= 0.3 is 0 Å². The van der Waals surface area contributed by atoms with Crippen LogP contribution in [-0.2, 0) is 14.8 Å². The largest absolute Gasteiger partial charge is 0.326 e. The fourth-order valence-corrected chi connectivity index (χ4v) is 4.10. The first-order valence-corrected chi connectivity index (χ1v) is 10.9. The monoisotopic (exact) mass is 438 g/mol. The van der Waals surface area contributed by atoms with Crippen LogP contribution < -0.4 is 9.62 Å². The molecule has 0 spiro atoms. The van der Waals surface area contributed by atoms with E-state index in [9.17, 15) is 13.2 Å². The first-order chi connectivity index (χ1) is 12.1. The molecule has 0 unspecified atom stereocenters. The first kappa shape index (κ1) is 20.5. The number of hydrogen-bond donors (Lipinski definition) is 1. The molecule has 0 aliphatic carbocycles. The van der Waals surface area contributed by atoms with Gasteiger partial charge in [0.25, 0.3) is 0 Å². The molecule has 26 heavy (non-hydrogen) atoms. The third-order valence-corrected chi connectivity index (χ3v) is 5.46. The van der Waals surface area contributed by atoms with E-state index >= 15 is 0 Å². The molecule has 0 atom stereocenters. The van der Waals surface area contributed by atoms with Gasteiger partial charge in [-0.25, -0.2) is 8.42 Å². The van der Waals surface area contributed by atoms with Gasteiger partial charge in [-0.15, -0.1) is 0 Å². The van der Waals surface area contributed by atoms with E-state index in [2.05, 4.69) is 21.2 Å². The lowest BCUT2D eigenvalue weighted by Crippen LogP contribution is -2.31. The number of carbonyl (C=O) groups is 1. The number of nitrogens with one attached hydrogen (secondary N) is 1. The van der Waals surface area contributed by atoms with Crippen LogP contribution in [-0.4, -0.2) is 27.1 Å². The summed E-state index contributed by atoms with van der Waals surface area (Å²) in [5.74, 6) is -0.142. The molecule has 2 aromatic rings. The molecule has 1 N–H and O–H groups in total. The Labute approximate surface area is 163 Å². The van der Waals surface area contributed by atoms with E-state index in [1.807, 2.05) is 50.2 Å². The number of rotatable bonds is 7. The number of anilines is 2. The molecule has 0 saturated heterocycles. The maximum absolute atomic E-state index is 12.2. The summed E-state index contributed by atoms with van der Waals surface area (Å²) in [5.41, 5.74) is 3.35. The van der Waals surface area contributed by atoms with Crippen LogP contribution in [0, 0.1) is 13.8 Å². The van der Waals surface area contributed by atoms with Crippen molar-refractivity contribution in [1.29, 1.82) is 0 Å². The number of carbonyl (C=O) groups excluding carboxylic acids is 1. The molecule has 0 heterocycles. The third-order valence-electron chi connectivity index (χ3n) is 3.77. The number of amides is 1. The van der Waals surface area contributed by atoms with Crippen LogP contribution in [0.5, 0.6) is 0 Å². The minimum Gasteiger partial charge on any atom is -0.326 e. The van der Waals surface area contributed by atoms with E-state index in [1.165, 1.54) is 10.6 Å². The van der Waals surface area contributed by atoms with Gasteiger partial charge in [-0.05, 0) is 61.7 Å². The van der Waals surface area contributed by atoms with Gasteiger partial charge in [0.1, 0.15) is 0 Å². The van der Waals surface area contributed by atoms with Crippen molar-refractivity contribution >= 4 is 43.2 Å². The van der Waals surface area contributed by atoms with Crippen molar-refractivity contribution in [2.24, 2.45) is 0 Å². The van der Waals surface area contributed by atoms with Crippen LogP contribution in [0.15, 0.2) is 46.9 Å². The zero-order valence-corrected chi connectivity index (χ0v) is 17.5. The van der Waals surface area contributed by atoms with E-state index in [0.29, 0.717) is 17.8 Å². The molecule has 0 aliphatic rings. The van der Waals surface area contributed by atoms with Crippen molar-refractivity contribution in [1.82, 2.24) is 0 Å². The number of aryl methyl sites for hydroxylation is 2. The molecule has 2 aromatic carbocycles. The first-order valence-electron chi connectivity index (χ1n) is 8.26. The van der Waals surface area contributed by atoms with Crippen LogP contribution in [0.3, 0.4) is 0 Å². The normalized spacial score (nSPS) is 11.2. The van der Waals surface area contributed by atoms with Crippen LogP contribution >= 0.6 is 15.9 Å². The second-order valence-corrected chi connectivity index (χ2v) is 9.17. The van der Waals surface area contributed by atoms with Crippen LogP contribution in [0.1, 0.15) is 24.0 Å². The Balaban J connectivity index is 2.00.